The molecule has 1 amide bonds. The zero-order chi connectivity index (χ0) is 59.9. The van der Waals surface area contributed by atoms with Gasteiger partial charge in [-0.15, -0.1) is 0 Å². The fraction of sp³-hybridized carbons (Fsp3) is 0.896. The molecule has 0 spiro atoms. The summed E-state index contributed by atoms with van der Waals surface area (Å²) in [5.41, 5.74) is 0. The van der Waals surface area contributed by atoms with Crippen molar-refractivity contribution in [2.45, 2.75) is 431 Å². The predicted molar refractivity (Wildman–Crippen MR) is 366 cm³/mol. The monoisotopic (exact) mass is 1170 g/mol. The van der Waals surface area contributed by atoms with Crippen LogP contribution >= 0.6 is 0 Å². The molecule has 0 aromatic heterocycles. The van der Waals surface area contributed by atoms with E-state index in [1.54, 1.807) is 6.08 Å². The zero-order valence-corrected chi connectivity index (χ0v) is 56.2. The van der Waals surface area contributed by atoms with Gasteiger partial charge in [0.15, 0.2) is 0 Å². The summed E-state index contributed by atoms with van der Waals surface area (Å²) in [6, 6.07) is -0.629. The average Bonchev–Trinajstić information content (AvgIpc) is 3.49. The Balaban J connectivity index is 3.39. The summed E-state index contributed by atoms with van der Waals surface area (Å²) in [6.45, 7) is 4.92. The first-order valence-electron chi connectivity index (χ1n) is 37.8. The Morgan fingerprint density at radius 1 is 0.337 bits per heavy atom. The quantitative estimate of drug-likeness (QED) is 0.0320. The third-order valence-electron chi connectivity index (χ3n) is 17.7. The second kappa shape index (κ2) is 72.6. The van der Waals surface area contributed by atoms with E-state index in [1.807, 2.05) is 6.08 Å². The smallest absolute Gasteiger partial charge is 0.305 e. The molecule has 0 rings (SSSR count). The first kappa shape index (κ1) is 81.1. The van der Waals surface area contributed by atoms with Gasteiger partial charge in [0.2, 0.25) is 5.91 Å². The van der Waals surface area contributed by atoms with Crippen LogP contribution in [0.3, 0.4) is 0 Å². The van der Waals surface area contributed by atoms with E-state index in [0.29, 0.717) is 19.4 Å². The highest BCUT2D eigenvalue weighted by molar-refractivity contribution is 5.76. The number of rotatable bonds is 71. The Morgan fingerprint density at radius 2 is 0.602 bits per heavy atom. The van der Waals surface area contributed by atoms with Crippen LogP contribution in [-0.2, 0) is 14.3 Å². The summed E-state index contributed by atoms with van der Waals surface area (Å²) in [7, 11) is 0. The van der Waals surface area contributed by atoms with Crippen LogP contribution in [0.1, 0.15) is 418 Å². The van der Waals surface area contributed by atoms with Crippen molar-refractivity contribution in [3.63, 3.8) is 0 Å². The summed E-state index contributed by atoms with van der Waals surface area (Å²) < 4.78 is 5.51. The van der Waals surface area contributed by atoms with E-state index in [0.717, 1.165) is 51.4 Å². The van der Waals surface area contributed by atoms with Crippen molar-refractivity contribution in [2.75, 3.05) is 13.2 Å². The van der Waals surface area contributed by atoms with Gasteiger partial charge in [-0.1, -0.05) is 378 Å². The van der Waals surface area contributed by atoms with Crippen molar-refractivity contribution in [2.24, 2.45) is 0 Å². The normalized spacial score (nSPS) is 12.7. The lowest BCUT2D eigenvalue weighted by Gasteiger charge is -2.20. The van der Waals surface area contributed by atoms with Crippen LogP contribution in [0.5, 0.6) is 0 Å². The molecule has 0 saturated carbocycles. The highest BCUT2D eigenvalue weighted by atomic mass is 16.5. The predicted octanol–water partition coefficient (Wildman–Crippen LogP) is 24.7. The Hall–Kier alpha value is -1.92. The maximum atomic E-state index is 12.5. The number of allylic oxidation sites excluding steroid dienone is 5. The first-order valence-corrected chi connectivity index (χ1v) is 37.8. The van der Waals surface area contributed by atoms with Crippen molar-refractivity contribution >= 4 is 11.9 Å². The van der Waals surface area contributed by atoms with Crippen LogP contribution in [-0.4, -0.2) is 47.4 Å². The van der Waals surface area contributed by atoms with Gasteiger partial charge in [-0.3, -0.25) is 9.59 Å². The van der Waals surface area contributed by atoms with Gasteiger partial charge in [0.05, 0.1) is 25.4 Å². The molecule has 6 heteroatoms. The second-order valence-electron chi connectivity index (χ2n) is 26.0. The van der Waals surface area contributed by atoms with Gasteiger partial charge in [0.25, 0.3) is 0 Å². The first-order chi connectivity index (χ1) is 41.0. The number of amides is 1. The molecule has 83 heavy (non-hydrogen) atoms. The van der Waals surface area contributed by atoms with Crippen LogP contribution < -0.4 is 5.32 Å². The maximum absolute atomic E-state index is 12.5. The second-order valence-corrected chi connectivity index (χ2v) is 26.0. The van der Waals surface area contributed by atoms with Crippen LogP contribution in [0.4, 0.5) is 0 Å². The summed E-state index contributed by atoms with van der Waals surface area (Å²) in [5, 5.41) is 23.3. The van der Waals surface area contributed by atoms with Crippen LogP contribution in [0.15, 0.2) is 36.5 Å². The summed E-state index contributed by atoms with van der Waals surface area (Å²) in [5.74, 6) is -0.0504. The van der Waals surface area contributed by atoms with Gasteiger partial charge in [-0.2, -0.15) is 0 Å². The molecule has 0 aromatic carbocycles. The summed E-state index contributed by atoms with van der Waals surface area (Å²) in [6.07, 6.45) is 93.8. The molecule has 0 bridgehead atoms. The molecule has 0 fully saturated rings. The molecule has 0 aliphatic heterocycles. The van der Waals surface area contributed by atoms with Gasteiger partial charge in [-0.25, -0.2) is 0 Å². The average molecular weight is 1170 g/mol. The van der Waals surface area contributed by atoms with E-state index in [4.69, 9.17) is 4.74 Å². The molecule has 0 aliphatic rings. The van der Waals surface area contributed by atoms with E-state index in [2.05, 4.69) is 43.5 Å². The minimum absolute atomic E-state index is 0.0120. The number of hydrogen-bond donors (Lipinski definition) is 3. The topological polar surface area (TPSA) is 95.9 Å². The van der Waals surface area contributed by atoms with Crippen molar-refractivity contribution in [1.82, 2.24) is 5.32 Å². The number of esters is 1. The molecule has 0 radical (unpaired) electrons. The third kappa shape index (κ3) is 69.1. The van der Waals surface area contributed by atoms with E-state index in [-0.39, 0.29) is 18.5 Å². The molecule has 3 N–H and O–H groups in total. The third-order valence-corrected chi connectivity index (χ3v) is 17.7. The highest BCUT2D eigenvalue weighted by Gasteiger charge is 2.18. The molecule has 0 aromatic rings. The van der Waals surface area contributed by atoms with Gasteiger partial charge in [0.1, 0.15) is 0 Å². The lowest BCUT2D eigenvalue weighted by molar-refractivity contribution is -0.143. The lowest BCUT2D eigenvalue weighted by Crippen LogP contribution is -2.45. The lowest BCUT2D eigenvalue weighted by atomic mass is 10.0. The number of nitrogens with one attached hydrogen (secondary N) is 1. The molecule has 0 aliphatic carbocycles. The fourth-order valence-corrected chi connectivity index (χ4v) is 11.9. The van der Waals surface area contributed by atoms with Crippen molar-refractivity contribution in [3.8, 4) is 0 Å². The SMILES string of the molecule is CCCCC/C=C\C/C=C\CCCCCCCCCCCC(=O)OCCCCCCCCCCCCCCCCCCCCCCCCCCC(=O)NC(CO)C(O)/C=C/CCCCCCCCCCCCCCCCCCCCCCC. The molecule has 2 atom stereocenters. The Labute approximate surface area is 519 Å². The Morgan fingerprint density at radius 3 is 0.940 bits per heavy atom. The van der Waals surface area contributed by atoms with Gasteiger partial charge in [-0.05, 0) is 64.2 Å². The van der Waals surface area contributed by atoms with E-state index >= 15 is 0 Å². The van der Waals surface area contributed by atoms with Gasteiger partial charge >= 0.3 is 5.97 Å². The number of hydrogen-bond acceptors (Lipinski definition) is 5. The molecular weight excluding hydrogens is 1020 g/mol. The molecular formula is C77H147NO5. The number of ether oxygens (including phenoxy) is 1. The Kier molecular flexibility index (Phi) is 70.9. The molecule has 6 nitrogen and oxygen atoms in total. The van der Waals surface area contributed by atoms with E-state index in [9.17, 15) is 19.8 Å². The maximum Gasteiger partial charge on any atom is 0.305 e. The molecule has 0 heterocycles. The van der Waals surface area contributed by atoms with Crippen molar-refractivity contribution < 1.29 is 24.5 Å². The minimum atomic E-state index is -0.845. The summed E-state index contributed by atoms with van der Waals surface area (Å²) >= 11 is 0. The molecule has 490 valence electrons. The number of carbonyl (C=O) groups excluding carboxylic acids is 2. The molecule has 0 saturated heterocycles. The van der Waals surface area contributed by atoms with Crippen LogP contribution in [0.2, 0.25) is 0 Å². The van der Waals surface area contributed by atoms with Gasteiger partial charge in [0, 0.05) is 12.8 Å². The molecule has 2 unspecified atom stereocenters. The largest absolute Gasteiger partial charge is 0.466 e. The number of aliphatic hydroxyl groups is 2. The van der Waals surface area contributed by atoms with Gasteiger partial charge < -0.3 is 20.3 Å². The van der Waals surface area contributed by atoms with E-state index in [1.165, 1.54) is 340 Å². The summed E-state index contributed by atoms with van der Waals surface area (Å²) in [4.78, 5) is 24.7. The minimum Gasteiger partial charge on any atom is -0.466 e. The van der Waals surface area contributed by atoms with Crippen LogP contribution in [0, 0.1) is 0 Å². The van der Waals surface area contributed by atoms with Crippen molar-refractivity contribution in [1.29, 1.82) is 0 Å². The highest BCUT2D eigenvalue weighted by Crippen LogP contribution is 2.19. The number of carbonyl (C=O) groups is 2. The number of unbranched alkanes of at least 4 members (excludes halogenated alkanes) is 56. The van der Waals surface area contributed by atoms with Crippen LogP contribution in [0.25, 0.3) is 0 Å². The fourth-order valence-electron chi connectivity index (χ4n) is 11.9. The zero-order valence-electron chi connectivity index (χ0n) is 56.2. The van der Waals surface area contributed by atoms with E-state index < -0.39 is 12.1 Å². The Bertz CT molecular complexity index is 1340. The van der Waals surface area contributed by atoms with Crippen molar-refractivity contribution in [3.05, 3.63) is 36.5 Å². The standard InChI is InChI=1S/C77H147NO5/c1-3-5-7-9-11-13-15-17-19-21-23-24-27-30-34-37-41-45-49-53-57-61-65-69-75(80)74(73-79)78-76(81)70-66-62-58-54-50-46-42-38-35-31-28-25-26-29-32-36-40-44-48-52-56-60-64-68-72-83-77(82)71-67-63-59-55-51-47-43-39-33-22-20-18-16-14-12-10-8-6-4-2/h12,14,18,20,65,69,74-75,79-80H,3-11,13,15-17,19,21-64,66-68,70-73H2,1-2H3,(H,78,81)/b14-12-,20-18-,69-65+. The number of aliphatic hydroxyl groups excluding tert-OH is 2.